The number of carbonyl (C=O) groups excluding carboxylic acids is 1. The van der Waals surface area contributed by atoms with Gasteiger partial charge in [0.25, 0.3) is 0 Å². The molecule has 0 saturated carbocycles. The molecule has 1 unspecified atom stereocenters. The van der Waals surface area contributed by atoms with Gasteiger partial charge in [-0.2, -0.15) is 0 Å². The van der Waals surface area contributed by atoms with Crippen LogP contribution in [-0.4, -0.2) is 28.5 Å². The quantitative estimate of drug-likeness (QED) is 0.851. The minimum absolute atomic E-state index is 0.0722. The number of imidazole rings is 1. The molecule has 2 N–H and O–H groups in total. The molecule has 100 valence electrons. The van der Waals surface area contributed by atoms with Crippen LogP contribution in [0.25, 0.3) is 0 Å². The van der Waals surface area contributed by atoms with Crippen molar-refractivity contribution in [3.05, 3.63) is 12.4 Å². The molecule has 2 rings (SSSR count). The van der Waals surface area contributed by atoms with Gasteiger partial charge in [-0.3, -0.25) is 10.1 Å². The summed E-state index contributed by atoms with van der Waals surface area (Å²) >= 11 is 0. The molecular weight excluding hydrogens is 228 g/mol. The third kappa shape index (κ3) is 3.32. The third-order valence-electron chi connectivity index (χ3n) is 3.18. The van der Waals surface area contributed by atoms with Crippen LogP contribution in [-0.2, 0) is 11.3 Å². The van der Waals surface area contributed by atoms with Gasteiger partial charge in [0.15, 0.2) is 0 Å². The van der Waals surface area contributed by atoms with Gasteiger partial charge in [-0.1, -0.05) is 13.8 Å². The lowest BCUT2D eigenvalue weighted by Gasteiger charge is -2.22. The topological polar surface area (TPSA) is 59.0 Å². The van der Waals surface area contributed by atoms with Crippen molar-refractivity contribution in [2.45, 2.75) is 33.2 Å². The highest BCUT2D eigenvalue weighted by Gasteiger charge is 2.22. The van der Waals surface area contributed by atoms with Gasteiger partial charge in [-0.15, -0.1) is 0 Å². The minimum atomic E-state index is 0.0722. The highest BCUT2D eigenvalue weighted by Crippen LogP contribution is 2.14. The normalized spacial score (nSPS) is 20.1. The Bertz CT molecular complexity index is 393. The Labute approximate surface area is 108 Å². The van der Waals surface area contributed by atoms with Crippen LogP contribution in [0.5, 0.6) is 0 Å². The Hall–Kier alpha value is -1.36. The van der Waals surface area contributed by atoms with Crippen LogP contribution >= 0.6 is 0 Å². The fourth-order valence-corrected chi connectivity index (χ4v) is 2.26. The number of nitrogens with one attached hydrogen (secondary N) is 2. The Balaban J connectivity index is 1.95. The van der Waals surface area contributed by atoms with Crippen molar-refractivity contribution < 1.29 is 4.79 Å². The zero-order valence-corrected chi connectivity index (χ0v) is 11.1. The number of rotatable bonds is 4. The molecule has 0 spiro atoms. The molecule has 1 aromatic heterocycles. The van der Waals surface area contributed by atoms with Gasteiger partial charge >= 0.3 is 0 Å². The van der Waals surface area contributed by atoms with Crippen molar-refractivity contribution in [2.24, 2.45) is 11.8 Å². The SMILES string of the molecule is CC(C)Cn1ccnc1NC(=O)C1CCCNC1. The van der Waals surface area contributed by atoms with E-state index in [1.54, 1.807) is 6.20 Å². The molecule has 1 aliphatic heterocycles. The summed E-state index contributed by atoms with van der Waals surface area (Å²) in [5, 5.41) is 6.19. The molecule has 1 aliphatic rings. The van der Waals surface area contributed by atoms with Crippen molar-refractivity contribution in [3.63, 3.8) is 0 Å². The summed E-state index contributed by atoms with van der Waals surface area (Å²) < 4.78 is 2.00. The fourth-order valence-electron chi connectivity index (χ4n) is 2.26. The van der Waals surface area contributed by atoms with E-state index in [1.165, 1.54) is 0 Å². The second-order valence-electron chi connectivity index (χ2n) is 5.33. The molecule has 1 saturated heterocycles. The van der Waals surface area contributed by atoms with Crippen LogP contribution in [0.2, 0.25) is 0 Å². The van der Waals surface area contributed by atoms with Gasteiger partial charge in [0.1, 0.15) is 0 Å². The van der Waals surface area contributed by atoms with Crippen molar-refractivity contribution in [3.8, 4) is 0 Å². The molecule has 1 atom stereocenters. The summed E-state index contributed by atoms with van der Waals surface area (Å²) in [6.45, 7) is 6.97. The van der Waals surface area contributed by atoms with Gasteiger partial charge in [0.2, 0.25) is 11.9 Å². The van der Waals surface area contributed by atoms with E-state index < -0.39 is 0 Å². The van der Waals surface area contributed by atoms with Gasteiger partial charge in [-0.25, -0.2) is 4.98 Å². The van der Waals surface area contributed by atoms with E-state index >= 15 is 0 Å². The Kier molecular flexibility index (Phi) is 4.36. The van der Waals surface area contributed by atoms with E-state index in [2.05, 4.69) is 29.5 Å². The summed E-state index contributed by atoms with van der Waals surface area (Å²) in [6.07, 6.45) is 5.67. The number of anilines is 1. The maximum absolute atomic E-state index is 12.1. The molecule has 5 heteroatoms. The van der Waals surface area contributed by atoms with E-state index in [1.807, 2.05) is 10.8 Å². The van der Waals surface area contributed by atoms with Crippen LogP contribution in [0.4, 0.5) is 5.95 Å². The number of piperidine rings is 1. The zero-order valence-electron chi connectivity index (χ0n) is 11.1. The van der Waals surface area contributed by atoms with Crippen LogP contribution in [0.1, 0.15) is 26.7 Å². The standard InChI is InChI=1S/C13H22N4O/c1-10(2)9-17-7-6-15-13(17)16-12(18)11-4-3-5-14-8-11/h6-7,10-11,14H,3-5,8-9H2,1-2H3,(H,15,16,18). The smallest absolute Gasteiger partial charge is 0.231 e. The summed E-state index contributed by atoms with van der Waals surface area (Å²) in [5.41, 5.74) is 0. The van der Waals surface area contributed by atoms with Crippen molar-refractivity contribution >= 4 is 11.9 Å². The van der Waals surface area contributed by atoms with Crippen LogP contribution in [0.15, 0.2) is 12.4 Å². The molecule has 2 heterocycles. The zero-order chi connectivity index (χ0) is 13.0. The molecular formula is C13H22N4O. The average molecular weight is 250 g/mol. The molecule has 0 aliphatic carbocycles. The Morgan fingerprint density at radius 2 is 2.50 bits per heavy atom. The second-order valence-corrected chi connectivity index (χ2v) is 5.33. The van der Waals surface area contributed by atoms with Crippen molar-refractivity contribution in [2.75, 3.05) is 18.4 Å². The highest BCUT2D eigenvalue weighted by molar-refractivity contribution is 5.91. The molecule has 1 aromatic rings. The lowest BCUT2D eigenvalue weighted by molar-refractivity contribution is -0.120. The minimum Gasteiger partial charge on any atom is -0.317 e. The van der Waals surface area contributed by atoms with Crippen LogP contribution < -0.4 is 10.6 Å². The second kappa shape index (κ2) is 6.00. The summed E-state index contributed by atoms with van der Waals surface area (Å²) in [6, 6.07) is 0. The summed E-state index contributed by atoms with van der Waals surface area (Å²) in [5.74, 6) is 1.35. The fraction of sp³-hybridized carbons (Fsp3) is 0.692. The number of nitrogens with zero attached hydrogens (tertiary/aromatic N) is 2. The predicted molar refractivity (Wildman–Crippen MR) is 71.3 cm³/mol. The molecule has 18 heavy (non-hydrogen) atoms. The van der Waals surface area contributed by atoms with Gasteiger partial charge in [-0.05, 0) is 25.3 Å². The molecule has 1 fully saturated rings. The average Bonchev–Trinajstić information content (AvgIpc) is 2.77. The molecule has 0 radical (unpaired) electrons. The van der Waals surface area contributed by atoms with Crippen molar-refractivity contribution in [1.82, 2.24) is 14.9 Å². The lowest BCUT2D eigenvalue weighted by atomic mass is 9.99. The molecule has 0 bridgehead atoms. The van der Waals surface area contributed by atoms with Gasteiger partial charge in [0.05, 0.1) is 5.92 Å². The molecule has 1 amide bonds. The maximum atomic E-state index is 12.1. The lowest BCUT2D eigenvalue weighted by Crippen LogP contribution is -2.37. The highest BCUT2D eigenvalue weighted by atomic mass is 16.2. The monoisotopic (exact) mass is 250 g/mol. The van der Waals surface area contributed by atoms with E-state index in [0.717, 1.165) is 32.5 Å². The number of amides is 1. The summed E-state index contributed by atoms with van der Waals surface area (Å²) in [4.78, 5) is 16.3. The van der Waals surface area contributed by atoms with E-state index in [-0.39, 0.29) is 11.8 Å². The Morgan fingerprint density at radius 1 is 1.67 bits per heavy atom. The predicted octanol–water partition coefficient (Wildman–Crippen LogP) is 1.48. The molecule has 5 nitrogen and oxygen atoms in total. The number of aromatic nitrogens is 2. The van der Waals surface area contributed by atoms with Crippen LogP contribution in [0, 0.1) is 11.8 Å². The molecule has 0 aromatic carbocycles. The van der Waals surface area contributed by atoms with Crippen molar-refractivity contribution in [1.29, 1.82) is 0 Å². The first-order chi connectivity index (χ1) is 8.66. The largest absolute Gasteiger partial charge is 0.317 e. The maximum Gasteiger partial charge on any atom is 0.231 e. The third-order valence-corrected chi connectivity index (χ3v) is 3.18. The van der Waals surface area contributed by atoms with E-state index in [9.17, 15) is 4.79 Å². The first-order valence-electron chi connectivity index (χ1n) is 6.69. The van der Waals surface area contributed by atoms with Gasteiger partial charge in [0, 0.05) is 25.5 Å². The first-order valence-corrected chi connectivity index (χ1v) is 6.69. The number of carbonyl (C=O) groups is 1. The van der Waals surface area contributed by atoms with Gasteiger partial charge < -0.3 is 9.88 Å². The number of hydrogen-bond acceptors (Lipinski definition) is 3. The summed E-state index contributed by atoms with van der Waals surface area (Å²) in [7, 11) is 0. The Morgan fingerprint density at radius 3 is 3.17 bits per heavy atom. The first kappa shape index (κ1) is 13.1. The van der Waals surface area contributed by atoms with Crippen LogP contribution in [0.3, 0.4) is 0 Å². The van der Waals surface area contributed by atoms with E-state index in [4.69, 9.17) is 0 Å². The number of hydrogen-bond donors (Lipinski definition) is 2. The van der Waals surface area contributed by atoms with E-state index in [0.29, 0.717) is 11.9 Å².